The van der Waals surface area contributed by atoms with E-state index in [1.165, 1.54) is 0 Å². The molecule has 0 N–H and O–H groups in total. The van der Waals surface area contributed by atoms with E-state index in [1.54, 1.807) is 12.1 Å². The number of hydrogen-bond acceptors (Lipinski definition) is 2. The minimum absolute atomic E-state index is 0.0925. The van der Waals surface area contributed by atoms with Gasteiger partial charge < -0.3 is 0 Å². The molecule has 146 valence electrons. The van der Waals surface area contributed by atoms with Crippen molar-refractivity contribution in [1.82, 2.24) is 0 Å². The van der Waals surface area contributed by atoms with Crippen LogP contribution in [-0.4, -0.2) is 4.92 Å². The predicted octanol–water partition coefficient (Wildman–Crippen LogP) is 7.21. The van der Waals surface area contributed by atoms with Gasteiger partial charge in [-0.05, 0) is 58.7 Å². The first-order valence-corrected chi connectivity index (χ1v) is 9.75. The zero-order valence-electron chi connectivity index (χ0n) is 16.1. The number of hydrogen-bond donors (Lipinski definition) is 0. The summed E-state index contributed by atoms with van der Waals surface area (Å²) < 4.78 is 0. The lowest BCUT2D eigenvalue weighted by Crippen LogP contribution is -2.06. The number of allylic oxidation sites excluding steroid dienone is 1. The summed E-state index contributed by atoms with van der Waals surface area (Å²) in [6, 6.07) is 22.6. The van der Waals surface area contributed by atoms with E-state index in [-0.39, 0.29) is 16.5 Å². The van der Waals surface area contributed by atoms with Gasteiger partial charge in [0.25, 0.3) is 5.69 Å². The van der Waals surface area contributed by atoms with Crippen molar-refractivity contribution in [2.45, 2.75) is 18.8 Å². The van der Waals surface area contributed by atoms with Crippen LogP contribution in [0.3, 0.4) is 0 Å². The van der Waals surface area contributed by atoms with E-state index in [0.717, 1.165) is 40.7 Å². The molecule has 0 aromatic heterocycles. The molecule has 0 fully saturated rings. The van der Waals surface area contributed by atoms with E-state index in [0.29, 0.717) is 5.02 Å². The number of nitrogens with zero attached hydrogens (tertiary/aromatic N) is 1. The SMILES string of the molecule is C=CCC(Cc1ccc([N+](=O)[O-])cc1)c1cc(Cl)ccc1C(=C)c1ccccc1. The average molecular weight is 404 g/mol. The van der Waals surface area contributed by atoms with Crippen molar-refractivity contribution >= 4 is 22.9 Å². The van der Waals surface area contributed by atoms with Crippen LogP contribution in [-0.2, 0) is 6.42 Å². The van der Waals surface area contributed by atoms with Gasteiger partial charge in [-0.15, -0.1) is 6.58 Å². The zero-order chi connectivity index (χ0) is 20.8. The third kappa shape index (κ3) is 5.01. The smallest absolute Gasteiger partial charge is 0.258 e. The molecule has 0 heterocycles. The molecule has 0 aliphatic rings. The van der Waals surface area contributed by atoms with Gasteiger partial charge in [0, 0.05) is 17.2 Å². The summed E-state index contributed by atoms with van der Waals surface area (Å²) in [4.78, 5) is 10.5. The molecule has 0 bridgehead atoms. The lowest BCUT2D eigenvalue weighted by molar-refractivity contribution is -0.384. The second-order valence-corrected chi connectivity index (χ2v) is 7.36. The van der Waals surface area contributed by atoms with Crippen molar-refractivity contribution in [3.63, 3.8) is 0 Å². The van der Waals surface area contributed by atoms with Crippen LogP contribution < -0.4 is 0 Å². The fraction of sp³-hybridized carbons (Fsp3) is 0.120. The molecule has 1 atom stereocenters. The number of nitro groups is 1. The van der Waals surface area contributed by atoms with Crippen molar-refractivity contribution in [2.24, 2.45) is 0 Å². The van der Waals surface area contributed by atoms with Crippen LogP contribution in [0.15, 0.2) is 92.0 Å². The molecule has 0 spiro atoms. The minimum atomic E-state index is -0.385. The maximum absolute atomic E-state index is 10.9. The van der Waals surface area contributed by atoms with E-state index < -0.39 is 0 Å². The Morgan fingerprint density at radius 2 is 1.76 bits per heavy atom. The van der Waals surface area contributed by atoms with E-state index in [1.807, 2.05) is 66.7 Å². The van der Waals surface area contributed by atoms with Gasteiger partial charge in [0.1, 0.15) is 0 Å². The summed E-state index contributed by atoms with van der Waals surface area (Å²) in [7, 11) is 0. The molecule has 0 saturated carbocycles. The Morgan fingerprint density at radius 1 is 1.07 bits per heavy atom. The Hall–Kier alpha value is -3.17. The van der Waals surface area contributed by atoms with Crippen molar-refractivity contribution in [3.8, 4) is 0 Å². The van der Waals surface area contributed by atoms with Crippen LogP contribution in [0.5, 0.6) is 0 Å². The fourth-order valence-corrected chi connectivity index (χ4v) is 3.68. The molecule has 0 aliphatic heterocycles. The number of nitro benzene ring substituents is 1. The molecule has 3 nitrogen and oxygen atoms in total. The quantitative estimate of drug-likeness (QED) is 0.226. The minimum Gasteiger partial charge on any atom is -0.258 e. The molecule has 0 saturated heterocycles. The lowest BCUT2D eigenvalue weighted by atomic mass is 9.83. The van der Waals surface area contributed by atoms with Gasteiger partial charge in [0.15, 0.2) is 0 Å². The molecule has 0 amide bonds. The average Bonchev–Trinajstić information content (AvgIpc) is 2.74. The van der Waals surface area contributed by atoms with Gasteiger partial charge in [-0.25, -0.2) is 0 Å². The Bertz CT molecular complexity index is 1030. The van der Waals surface area contributed by atoms with E-state index in [4.69, 9.17) is 11.6 Å². The van der Waals surface area contributed by atoms with Gasteiger partial charge >= 0.3 is 0 Å². The Kier molecular flexibility index (Phi) is 6.63. The second kappa shape index (κ2) is 9.35. The van der Waals surface area contributed by atoms with Crippen LogP contribution >= 0.6 is 11.6 Å². The van der Waals surface area contributed by atoms with E-state index >= 15 is 0 Å². The summed E-state index contributed by atoms with van der Waals surface area (Å²) in [5.41, 5.74) is 5.27. The highest BCUT2D eigenvalue weighted by Gasteiger charge is 2.18. The first-order valence-electron chi connectivity index (χ1n) is 9.38. The normalized spacial score (nSPS) is 11.6. The molecule has 29 heavy (non-hydrogen) atoms. The van der Waals surface area contributed by atoms with Crippen molar-refractivity contribution in [1.29, 1.82) is 0 Å². The van der Waals surface area contributed by atoms with E-state index in [2.05, 4.69) is 13.2 Å². The van der Waals surface area contributed by atoms with Crippen molar-refractivity contribution in [2.75, 3.05) is 0 Å². The third-order valence-corrected chi connectivity index (χ3v) is 5.22. The first-order chi connectivity index (χ1) is 14.0. The van der Waals surface area contributed by atoms with Crippen molar-refractivity contribution in [3.05, 3.63) is 129 Å². The second-order valence-electron chi connectivity index (χ2n) is 6.93. The van der Waals surface area contributed by atoms with Crippen LogP contribution in [0.2, 0.25) is 5.02 Å². The van der Waals surface area contributed by atoms with Gasteiger partial charge in [0.2, 0.25) is 0 Å². The molecular formula is C25H22ClNO2. The molecule has 3 rings (SSSR count). The summed E-state index contributed by atoms with van der Waals surface area (Å²) in [5, 5.41) is 11.6. The third-order valence-electron chi connectivity index (χ3n) is 4.98. The van der Waals surface area contributed by atoms with Crippen LogP contribution in [0, 0.1) is 10.1 Å². The van der Waals surface area contributed by atoms with E-state index in [9.17, 15) is 10.1 Å². The maximum atomic E-state index is 10.9. The summed E-state index contributed by atoms with van der Waals surface area (Å²) >= 11 is 6.34. The van der Waals surface area contributed by atoms with Crippen molar-refractivity contribution < 1.29 is 4.92 Å². The molecular weight excluding hydrogens is 382 g/mol. The van der Waals surface area contributed by atoms with Crippen LogP contribution in [0.4, 0.5) is 5.69 Å². The highest BCUT2D eigenvalue weighted by atomic mass is 35.5. The number of halogens is 1. The van der Waals surface area contributed by atoms with Crippen LogP contribution in [0.1, 0.15) is 34.6 Å². The highest BCUT2D eigenvalue weighted by molar-refractivity contribution is 6.30. The number of rotatable bonds is 8. The zero-order valence-corrected chi connectivity index (χ0v) is 16.8. The first kappa shape index (κ1) is 20.6. The summed E-state index contributed by atoms with van der Waals surface area (Å²) in [6.45, 7) is 8.24. The summed E-state index contributed by atoms with van der Waals surface area (Å²) in [5.74, 6) is 0.128. The predicted molar refractivity (Wildman–Crippen MR) is 120 cm³/mol. The molecule has 3 aromatic rings. The molecule has 0 radical (unpaired) electrons. The Balaban J connectivity index is 1.98. The largest absolute Gasteiger partial charge is 0.269 e. The molecule has 3 aromatic carbocycles. The Morgan fingerprint density at radius 3 is 2.38 bits per heavy atom. The van der Waals surface area contributed by atoms with Crippen LogP contribution in [0.25, 0.3) is 5.57 Å². The van der Waals surface area contributed by atoms with Gasteiger partial charge in [-0.1, -0.05) is 72.8 Å². The monoisotopic (exact) mass is 403 g/mol. The molecule has 0 aliphatic carbocycles. The maximum Gasteiger partial charge on any atom is 0.269 e. The number of non-ortho nitro benzene ring substituents is 1. The van der Waals surface area contributed by atoms with Gasteiger partial charge in [-0.2, -0.15) is 0 Å². The summed E-state index contributed by atoms with van der Waals surface area (Å²) in [6.07, 6.45) is 3.37. The topological polar surface area (TPSA) is 43.1 Å². The number of benzene rings is 3. The van der Waals surface area contributed by atoms with Gasteiger partial charge in [0.05, 0.1) is 4.92 Å². The highest BCUT2D eigenvalue weighted by Crippen LogP contribution is 2.35. The lowest BCUT2D eigenvalue weighted by Gasteiger charge is -2.21. The Labute approximate surface area is 176 Å². The standard InChI is InChI=1S/C25H22ClNO2/c1-3-7-21(16-19-10-13-23(14-11-19)27(28)29)25-17-22(26)12-15-24(25)18(2)20-8-5-4-6-9-20/h3-6,8-15,17,21H,1-2,7,16H2. The molecule has 1 unspecified atom stereocenters. The van der Waals surface area contributed by atoms with Gasteiger partial charge in [-0.3, -0.25) is 10.1 Å². The fourth-order valence-electron chi connectivity index (χ4n) is 3.50. The molecule has 4 heteroatoms.